The van der Waals surface area contributed by atoms with E-state index in [0.717, 1.165) is 25.7 Å². The third-order valence-corrected chi connectivity index (χ3v) is 2.94. The first-order valence-corrected chi connectivity index (χ1v) is 4.48. The lowest BCUT2D eigenvalue weighted by atomic mass is 9.84. The van der Waals surface area contributed by atoms with E-state index in [4.69, 9.17) is 5.73 Å². The Morgan fingerprint density at radius 3 is 2.27 bits per heavy atom. The molecule has 63 valence electrons. The van der Waals surface area contributed by atoms with E-state index in [1.165, 1.54) is 11.5 Å². The van der Waals surface area contributed by atoms with Crippen LogP contribution < -0.4 is 5.73 Å². The Morgan fingerprint density at radius 2 is 1.73 bits per heavy atom. The molecule has 11 heavy (non-hydrogen) atoms. The van der Waals surface area contributed by atoms with Gasteiger partial charge in [0.1, 0.15) is 0 Å². The van der Waals surface area contributed by atoms with Crippen LogP contribution in [0, 0.1) is 0 Å². The van der Waals surface area contributed by atoms with Crippen LogP contribution in [0.2, 0.25) is 0 Å². The first-order valence-electron chi connectivity index (χ1n) is 4.48. The smallest absolute Gasteiger partial charge is 0.0401 e. The molecule has 3 nitrogen and oxygen atoms in total. The molecule has 0 amide bonds. The second kappa shape index (κ2) is 2.73. The van der Waals surface area contributed by atoms with Crippen molar-refractivity contribution in [3.05, 3.63) is 0 Å². The normalized spacial score (nSPS) is 45.8. The van der Waals surface area contributed by atoms with Gasteiger partial charge in [0.15, 0.2) is 0 Å². The van der Waals surface area contributed by atoms with Crippen LogP contribution in [-0.2, 0) is 5.21 Å². The van der Waals surface area contributed by atoms with E-state index in [-0.39, 0.29) is 18.1 Å². The zero-order chi connectivity index (χ0) is 7.84. The summed E-state index contributed by atoms with van der Waals surface area (Å²) in [5.74, 6) is 0. The lowest BCUT2D eigenvalue weighted by molar-refractivity contribution is -0.245. The molecule has 0 aromatic rings. The molecule has 1 radical (unpaired) electrons. The molecule has 2 aliphatic heterocycles. The van der Waals surface area contributed by atoms with Crippen molar-refractivity contribution in [3.8, 4) is 0 Å². The maximum absolute atomic E-state index is 11.4. The molecule has 0 aromatic heterocycles. The number of nitrogens with two attached hydrogens (primary N) is 1. The minimum Gasteiger partial charge on any atom is -0.328 e. The van der Waals surface area contributed by atoms with Crippen molar-refractivity contribution >= 4 is 0 Å². The number of piperidine rings is 2. The summed E-state index contributed by atoms with van der Waals surface area (Å²) in [6, 6.07) is 0.783. The van der Waals surface area contributed by atoms with E-state index in [0.29, 0.717) is 0 Å². The van der Waals surface area contributed by atoms with Gasteiger partial charge in [-0.3, -0.25) is 0 Å². The molecule has 2 rings (SSSR count). The predicted molar refractivity (Wildman–Crippen MR) is 41.2 cm³/mol. The highest BCUT2D eigenvalue weighted by Crippen LogP contribution is 2.31. The minimum atomic E-state index is 0.248. The second-order valence-corrected chi connectivity index (χ2v) is 3.83. The van der Waals surface area contributed by atoms with Gasteiger partial charge >= 0.3 is 0 Å². The quantitative estimate of drug-likeness (QED) is 0.559. The van der Waals surface area contributed by atoms with Crippen molar-refractivity contribution in [1.29, 1.82) is 0 Å². The van der Waals surface area contributed by atoms with E-state index in [1.807, 2.05) is 0 Å². The van der Waals surface area contributed by atoms with Gasteiger partial charge in [0.2, 0.25) is 0 Å². The van der Waals surface area contributed by atoms with E-state index in [1.54, 1.807) is 0 Å². The Kier molecular flexibility index (Phi) is 1.87. The molecule has 3 heteroatoms. The van der Waals surface area contributed by atoms with Gasteiger partial charge in [0, 0.05) is 18.1 Å². The van der Waals surface area contributed by atoms with Gasteiger partial charge in [-0.05, 0) is 25.7 Å². The first kappa shape index (κ1) is 7.53. The number of rotatable bonds is 0. The maximum Gasteiger partial charge on any atom is 0.0401 e. The fourth-order valence-electron chi connectivity index (χ4n) is 2.38. The van der Waals surface area contributed by atoms with Gasteiger partial charge in [-0.1, -0.05) is 6.42 Å². The third kappa shape index (κ3) is 1.28. The second-order valence-electron chi connectivity index (χ2n) is 3.83. The lowest BCUT2D eigenvalue weighted by Gasteiger charge is -2.42. The Labute approximate surface area is 67.1 Å². The summed E-state index contributed by atoms with van der Waals surface area (Å²) < 4.78 is 0. The molecule has 0 saturated carbocycles. The summed E-state index contributed by atoms with van der Waals surface area (Å²) in [4.78, 5) is 0. The van der Waals surface area contributed by atoms with Gasteiger partial charge in [-0.2, -0.15) is 0 Å². The van der Waals surface area contributed by atoms with Crippen LogP contribution in [-0.4, -0.2) is 23.2 Å². The van der Waals surface area contributed by atoms with Gasteiger partial charge in [-0.15, -0.1) is 10.3 Å². The lowest BCUT2D eigenvalue weighted by Crippen LogP contribution is -2.52. The average molecular weight is 155 g/mol. The highest BCUT2D eigenvalue weighted by atomic mass is 16.5. The number of nitrogens with zero attached hydrogens (tertiary/aromatic N) is 1. The summed E-state index contributed by atoms with van der Waals surface area (Å²) >= 11 is 0. The molecule has 2 unspecified atom stereocenters. The van der Waals surface area contributed by atoms with Crippen molar-refractivity contribution in [3.63, 3.8) is 0 Å². The van der Waals surface area contributed by atoms with Crippen molar-refractivity contribution < 1.29 is 5.21 Å². The first-order chi connectivity index (χ1) is 5.27. The number of hydrogen-bond acceptors (Lipinski definition) is 2. The molecule has 2 bridgehead atoms. The molecule has 3 atom stereocenters. The van der Waals surface area contributed by atoms with Crippen LogP contribution in [0.5, 0.6) is 0 Å². The third-order valence-electron chi connectivity index (χ3n) is 2.94. The Bertz CT molecular complexity index is 137. The zero-order valence-electron chi connectivity index (χ0n) is 6.70. The minimum absolute atomic E-state index is 0.248. The van der Waals surface area contributed by atoms with Crippen molar-refractivity contribution in [2.75, 3.05) is 0 Å². The Hall–Kier alpha value is -0.120. The molecule has 2 saturated heterocycles. The van der Waals surface area contributed by atoms with Crippen LogP contribution in [0.25, 0.3) is 0 Å². The molecular weight excluding hydrogens is 140 g/mol. The fourth-order valence-corrected chi connectivity index (χ4v) is 2.38. The summed E-state index contributed by atoms with van der Waals surface area (Å²) in [6.45, 7) is 0. The van der Waals surface area contributed by atoms with Crippen molar-refractivity contribution in [1.82, 2.24) is 5.06 Å². The molecule has 2 aliphatic rings. The van der Waals surface area contributed by atoms with Crippen LogP contribution in [0.1, 0.15) is 32.1 Å². The maximum atomic E-state index is 11.4. The Morgan fingerprint density at radius 1 is 1.18 bits per heavy atom. The molecule has 0 aromatic carbocycles. The van der Waals surface area contributed by atoms with Crippen LogP contribution in [0.4, 0.5) is 0 Å². The summed E-state index contributed by atoms with van der Waals surface area (Å²) in [5, 5.41) is 12.7. The SMILES string of the molecule is NC1CC2CCC[C@@H](C1)N2[O]. The standard InChI is InChI=1S/C8H15N2O/c9-6-4-7-2-1-3-8(5-6)10(7)11/h6-8H,1-5,9H2/t6?,7-,8?/m0/s1. The molecule has 0 spiro atoms. The largest absolute Gasteiger partial charge is 0.328 e. The number of hydrogen-bond donors (Lipinski definition) is 1. The summed E-state index contributed by atoms with van der Waals surface area (Å²) in [6.07, 6.45) is 5.18. The molecular formula is C8H15N2O. The predicted octanol–water partition coefficient (Wildman–Crippen LogP) is 0.676. The van der Waals surface area contributed by atoms with Crippen LogP contribution in [0.15, 0.2) is 0 Å². The van der Waals surface area contributed by atoms with Crippen molar-refractivity contribution in [2.24, 2.45) is 5.73 Å². The topological polar surface area (TPSA) is 49.2 Å². The summed E-state index contributed by atoms with van der Waals surface area (Å²) in [7, 11) is 0. The molecule has 0 aliphatic carbocycles. The molecule has 2 N–H and O–H groups in total. The zero-order valence-corrected chi connectivity index (χ0v) is 6.70. The van der Waals surface area contributed by atoms with Crippen LogP contribution in [0.3, 0.4) is 0 Å². The number of fused-ring (bicyclic) bond motifs is 2. The molecule has 2 fully saturated rings. The van der Waals surface area contributed by atoms with Crippen LogP contribution >= 0.6 is 0 Å². The highest BCUT2D eigenvalue weighted by Gasteiger charge is 2.37. The van der Waals surface area contributed by atoms with Gasteiger partial charge < -0.3 is 5.73 Å². The van der Waals surface area contributed by atoms with Gasteiger partial charge in [0.05, 0.1) is 0 Å². The van der Waals surface area contributed by atoms with Gasteiger partial charge in [-0.25, -0.2) is 0 Å². The number of hydroxylamine groups is 2. The van der Waals surface area contributed by atoms with E-state index in [9.17, 15) is 5.21 Å². The van der Waals surface area contributed by atoms with E-state index in [2.05, 4.69) is 0 Å². The van der Waals surface area contributed by atoms with E-state index < -0.39 is 0 Å². The Balaban J connectivity index is 2.07. The fraction of sp³-hybridized carbons (Fsp3) is 1.00. The van der Waals surface area contributed by atoms with Gasteiger partial charge in [0.25, 0.3) is 0 Å². The average Bonchev–Trinajstić information content (AvgIpc) is 1.92. The summed E-state index contributed by atoms with van der Waals surface area (Å²) in [5.41, 5.74) is 5.82. The monoisotopic (exact) mass is 155 g/mol. The molecule has 2 heterocycles. The van der Waals surface area contributed by atoms with Crippen molar-refractivity contribution in [2.45, 2.75) is 50.2 Å². The van der Waals surface area contributed by atoms with E-state index >= 15 is 0 Å². The highest BCUT2D eigenvalue weighted by molar-refractivity contribution is 4.89.